The van der Waals surface area contributed by atoms with Crippen molar-refractivity contribution in [1.29, 1.82) is 0 Å². The molecule has 0 fully saturated rings. The number of rotatable bonds is 0. The average Bonchev–Trinajstić information content (AvgIpc) is 2.59. The van der Waals surface area contributed by atoms with E-state index in [0.717, 1.165) is 5.75 Å². The first-order valence-corrected chi connectivity index (χ1v) is 4.97. The van der Waals surface area contributed by atoms with Crippen LogP contribution in [0.5, 0.6) is 5.75 Å². The third kappa shape index (κ3) is 0.955. The van der Waals surface area contributed by atoms with Crippen LogP contribution in [0.25, 0.3) is 0 Å². The molecule has 3 rings (SSSR count). The second-order valence-corrected chi connectivity index (χ2v) is 3.90. The molecule has 0 aromatic heterocycles. The highest BCUT2D eigenvalue weighted by Gasteiger charge is 2.34. The molecule has 0 saturated carbocycles. The van der Waals surface area contributed by atoms with Crippen LogP contribution in [-0.4, -0.2) is 6.10 Å². The zero-order chi connectivity index (χ0) is 9.54. The fourth-order valence-corrected chi connectivity index (χ4v) is 2.24. The Kier molecular flexibility index (Phi) is 1.54. The molecule has 0 saturated heterocycles. The van der Waals surface area contributed by atoms with E-state index in [2.05, 4.69) is 43.4 Å². The molecule has 14 heavy (non-hydrogen) atoms. The third-order valence-corrected chi connectivity index (χ3v) is 2.98. The minimum absolute atomic E-state index is 0.234. The maximum Gasteiger partial charge on any atom is 0.130 e. The standard InChI is InChI=1S/C13H12O/c1-9-5-4-7-11-10-6-2-3-8-12(10)14-13(9)11/h2-8,11,13H,1H3. The molecule has 1 aromatic carbocycles. The second kappa shape index (κ2) is 2.74. The smallest absolute Gasteiger partial charge is 0.130 e. The maximum absolute atomic E-state index is 5.90. The largest absolute Gasteiger partial charge is 0.485 e. The van der Waals surface area contributed by atoms with Gasteiger partial charge in [0, 0.05) is 11.5 Å². The Labute approximate surface area is 83.7 Å². The van der Waals surface area contributed by atoms with Gasteiger partial charge in [-0.3, -0.25) is 0 Å². The van der Waals surface area contributed by atoms with Gasteiger partial charge in [0.15, 0.2) is 0 Å². The van der Waals surface area contributed by atoms with Crippen LogP contribution in [0.3, 0.4) is 0 Å². The predicted molar refractivity (Wildman–Crippen MR) is 56.5 cm³/mol. The summed E-state index contributed by atoms with van der Waals surface area (Å²) >= 11 is 0. The normalized spacial score (nSPS) is 27.6. The van der Waals surface area contributed by atoms with Crippen LogP contribution < -0.4 is 4.74 Å². The number of ether oxygens (including phenoxy) is 1. The van der Waals surface area contributed by atoms with Gasteiger partial charge < -0.3 is 4.74 Å². The summed E-state index contributed by atoms with van der Waals surface area (Å²) in [5.74, 6) is 1.47. The lowest BCUT2D eigenvalue weighted by Crippen LogP contribution is -2.20. The van der Waals surface area contributed by atoms with E-state index in [1.54, 1.807) is 0 Å². The molecule has 2 atom stereocenters. The van der Waals surface area contributed by atoms with Crippen molar-refractivity contribution in [2.75, 3.05) is 0 Å². The molecule has 2 unspecified atom stereocenters. The number of fused-ring (bicyclic) bond motifs is 3. The highest BCUT2D eigenvalue weighted by molar-refractivity contribution is 5.48. The number of hydrogen-bond acceptors (Lipinski definition) is 1. The van der Waals surface area contributed by atoms with E-state index in [1.165, 1.54) is 11.1 Å². The Hall–Kier alpha value is -1.50. The number of hydrogen-bond donors (Lipinski definition) is 0. The van der Waals surface area contributed by atoms with Crippen LogP contribution in [0, 0.1) is 0 Å². The van der Waals surface area contributed by atoms with E-state index in [9.17, 15) is 0 Å². The Morgan fingerprint density at radius 3 is 3.00 bits per heavy atom. The van der Waals surface area contributed by atoms with Crippen LogP contribution in [0.4, 0.5) is 0 Å². The van der Waals surface area contributed by atoms with Gasteiger partial charge in [-0.05, 0) is 18.6 Å². The van der Waals surface area contributed by atoms with E-state index < -0.39 is 0 Å². The molecule has 1 nitrogen and oxygen atoms in total. The maximum atomic E-state index is 5.90. The predicted octanol–water partition coefficient (Wildman–Crippen LogP) is 3.05. The molecular formula is C13H12O. The number of allylic oxidation sites excluding steroid dienone is 2. The Morgan fingerprint density at radius 2 is 2.07 bits per heavy atom. The van der Waals surface area contributed by atoms with Gasteiger partial charge in [-0.25, -0.2) is 0 Å². The van der Waals surface area contributed by atoms with Gasteiger partial charge in [0.1, 0.15) is 11.9 Å². The quantitative estimate of drug-likeness (QED) is 0.602. The molecule has 0 N–H and O–H groups in total. The summed E-state index contributed by atoms with van der Waals surface area (Å²) in [7, 11) is 0. The summed E-state index contributed by atoms with van der Waals surface area (Å²) in [5, 5.41) is 0. The van der Waals surface area contributed by atoms with E-state index in [-0.39, 0.29) is 6.10 Å². The van der Waals surface area contributed by atoms with E-state index >= 15 is 0 Å². The van der Waals surface area contributed by atoms with Crippen molar-refractivity contribution < 1.29 is 4.74 Å². The summed E-state index contributed by atoms with van der Waals surface area (Å²) in [6, 6.07) is 8.31. The van der Waals surface area contributed by atoms with Gasteiger partial charge in [0.25, 0.3) is 0 Å². The van der Waals surface area contributed by atoms with Crippen LogP contribution >= 0.6 is 0 Å². The van der Waals surface area contributed by atoms with Gasteiger partial charge in [-0.1, -0.05) is 36.4 Å². The monoisotopic (exact) mass is 184 g/mol. The lowest BCUT2D eigenvalue weighted by molar-refractivity contribution is 0.255. The molecule has 1 aliphatic heterocycles. The van der Waals surface area contributed by atoms with Crippen LogP contribution in [0.1, 0.15) is 18.4 Å². The van der Waals surface area contributed by atoms with Gasteiger partial charge in [0.2, 0.25) is 0 Å². The van der Waals surface area contributed by atoms with Crippen molar-refractivity contribution in [2.45, 2.75) is 18.9 Å². The molecule has 0 spiro atoms. The van der Waals surface area contributed by atoms with Crippen LogP contribution in [0.2, 0.25) is 0 Å². The molecule has 1 heterocycles. The number of benzene rings is 1. The average molecular weight is 184 g/mol. The summed E-state index contributed by atoms with van der Waals surface area (Å²) < 4.78 is 5.90. The lowest BCUT2D eigenvalue weighted by Gasteiger charge is -2.19. The zero-order valence-corrected chi connectivity index (χ0v) is 8.10. The minimum Gasteiger partial charge on any atom is -0.485 e. The van der Waals surface area contributed by atoms with Crippen molar-refractivity contribution in [1.82, 2.24) is 0 Å². The van der Waals surface area contributed by atoms with Crippen molar-refractivity contribution in [3.05, 3.63) is 53.6 Å². The number of para-hydroxylation sites is 1. The Morgan fingerprint density at radius 1 is 1.21 bits per heavy atom. The Bertz CT molecular complexity index is 429. The fraction of sp³-hybridized carbons (Fsp3) is 0.231. The van der Waals surface area contributed by atoms with Gasteiger partial charge in [-0.2, -0.15) is 0 Å². The fourth-order valence-electron chi connectivity index (χ4n) is 2.24. The third-order valence-electron chi connectivity index (χ3n) is 2.98. The summed E-state index contributed by atoms with van der Waals surface area (Å²) in [4.78, 5) is 0. The van der Waals surface area contributed by atoms with E-state index in [4.69, 9.17) is 4.74 Å². The first-order valence-electron chi connectivity index (χ1n) is 4.97. The molecule has 2 aliphatic rings. The molecule has 1 aliphatic carbocycles. The van der Waals surface area contributed by atoms with Crippen molar-refractivity contribution >= 4 is 0 Å². The van der Waals surface area contributed by atoms with Crippen LogP contribution in [-0.2, 0) is 0 Å². The molecule has 0 amide bonds. The van der Waals surface area contributed by atoms with Gasteiger partial charge in [-0.15, -0.1) is 0 Å². The lowest BCUT2D eigenvalue weighted by atomic mass is 9.88. The molecule has 70 valence electrons. The summed E-state index contributed by atoms with van der Waals surface area (Å²) in [6.45, 7) is 2.13. The molecule has 0 radical (unpaired) electrons. The molecule has 1 aromatic rings. The Balaban J connectivity index is 2.11. The molecule has 1 heteroatoms. The zero-order valence-electron chi connectivity index (χ0n) is 8.10. The van der Waals surface area contributed by atoms with Gasteiger partial charge >= 0.3 is 0 Å². The SMILES string of the molecule is CC1=CC=CC2c3ccccc3OC12. The molecular weight excluding hydrogens is 172 g/mol. The second-order valence-electron chi connectivity index (χ2n) is 3.90. The first-order chi connectivity index (χ1) is 6.86. The summed E-state index contributed by atoms with van der Waals surface area (Å²) in [6.07, 6.45) is 6.72. The topological polar surface area (TPSA) is 9.23 Å². The summed E-state index contributed by atoms with van der Waals surface area (Å²) in [5.41, 5.74) is 2.63. The van der Waals surface area contributed by atoms with Crippen LogP contribution in [0.15, 0.2) is 48.1 Å². The van der Waals surface area contributed by atoms with E-state index in [0.29, 0.717) is 5.92 Å². The highest BCUT2D eigenvalue weighted by Crippen LogP contribution is 2.42. The first kappa shape index (κ1) is 7.86. The van der Waals surface area contributed by atoms with E-state index in [1.807, 2.05) is 6.07 Å². The highest BCUT2D eigenvalue weighted by atomic mass is 16.5. The molecule has 0 bridgehead atoms. The minimum atomic E-state index is 0.234. The van der Waals surface area contributed by atoms with Crippen molar-refractivity contribution in [2.24, 2.45) is 0 Å². The van der Waals surface area contributed by atoms with Gasteiger partial charge in [0.05, 0.1) is 0 Å². The van der Waals surface area contributed by atoms with Crippen molar-refractivity contribution in [3.63, 3.8) is 0 Å². The van der Waals surface area contributed by atoms with Crippen molar-refractivity contribution in [3.8, 4) is 5.75 Å².